The highest BCUT2D eigenvalue weighted by molar-refractivity contribution is 5.91. The fourth-order valence-corrected chi connectivity index (χ4v) is 1.88. The molecule has 2 aromatic rings. The summed E-state index contributed by atoms with van der Waals surface area (Å²) in [4.78, 5) is 11.8. The summed E-state index contributed by atoms with van der Waals surface area (Å²) in [7, 11) is 0. The number of benzene rings is 2. The van der Waals surface area contributed by atoms with Crippen LogP contribution in [0.5, 0.6) is 5.75 Å². The predicted octanol–water partition coefficient (Wildman–Crippen LogP) is 3.85. The molecule has 2 aromatic carbocycles. The number of hydrogen-bond donors (Lipinski definition) is 1. The van der Waals surface area contributed by atoms with E-state index in [0.717, 1.165) is 11.3 Å². The van der Waals surface area contributed by atoms with Gasteiger partial charge < -0.3 is 10.1 Å². The zero-order valence-corrected chi connectivity index (χ0v) is 12.2. The summed E-state index contributed by atoms with van der Waals surface area (Å²) in [6.07, 6.45) is 0.241. The zero-order chi connectivity index (χ0) is 15.2. The number of aryl methyl sites for hydroxylation is 2. The Kier molecular flexibility index (Phi) is 4.93. The van der Waals surface area contributed by atoms with Gasteiger partial charge in [0.05, 0.1) is 13.0 Å². The molecule has 0 aliphatic carbocycles. The third-order valence-electron chi connectivity index (χ3n) is 3.08. The van der Waals surface area contributed by atoms with Crippen molar-refractivity contribution in [2.75, 3.05) is 11.9 Å². The number of hydrogen-bond acceptors (Lipinski definition) is 2. The van der Waals surface area contributed by atoms with E-state index in [4.69, 9.17) is 4.74 Å². The monoisotopic (exact) mass is 287 g/mol. The lowest BCUT2D eigenvalue weighted by Crippen LogP contribution is -2.15. The number of rotatable bonds is 5. The fraction of sp³-hybridized carbons (Fsp3) is 0.235. The first-order valence-corrected chi connectivity index (χ1v) is 6.80. The average Bonchev–Trinajstić information content (AvgIpc) is 2.44. The van der Waals surface area contributed by atoms with Gasteiger partial charge in [0.15, 0.2) is 0 Å². The van der Waals surface area contributed by atoms with E-state index in [1.807, 2.05) is 31.2 Å². The Bertz CT molecular complexity index is 623. The number of carbonyl (C=O) groups is 1. The highest BCUT2D eigenvalue weighted by Crippen LogP contribution is 2.16. The SMILES string of the molecule is Cc1ccc(OCCC(=O)Nc2ccc(F)cc2C)cc1. The van der Waals surface area contributed by atoms with Crippen LogP contribution in [0, 0.1) is 19.7 Å². The third kappa shape index (κ3) is 4.60. The normalized spacial score (nSPS) is 10.2. The molecule has 0 saturated carbocycles. The Balaban J connectivity index is 1.81. The number of carbonyl (C=O) groups excluding carboxylic acids is 1. The van der Waals surface area contributed by atoms with Crippen LogP contribution in [0.2, 0.25) is 0 Å². The van der Waals surface area contributed by atoms with Crippen molar-refractivity contribution in [2.24, 2.45) is 0 Å². The van der Waals surface area contributed by atoms with Crippen LogP contribution >= 0.6 is 0 Å². The van der Waals surface area contributed by atoms with Crippen LogP contribution in [0.4, 0.5) is 10.1 Å². The van der Waals surface area contributed by atoms with Gasteiger partial charge in [-0.3, -0.25) is 4.79 Å². The second-order valence-electron chi connectivity index (χ2n) is 4.92. The maximum Gasteiger partial charge on any atom is 0.227 e. The summed E-state index contributed by atoms with van der Waals surface area (Å²) < 4.78 is 18.5. The van der Waals surface area contributed by atoms with Crippen LogP contribution in [0.25, 0.3) is 0 Å². The highest BCUT2D eigenvalue weighted by Gasteiger charge is 2.06. The Hall–Kier alpha value is -2.36. The van der Waals surface area contributed by atoms with E-state index in [1.165, 1.54) is 12.1 Å². The van der Waals surface area contributed by atoms with Gasteiger partial charge in [-0.1, -0.05) is 17.7 Å². The van der Waals surface area contributed by atoms with Crippen LogP contribution in [0.3, 0.4) is 0 Å². The molecule has 2 rings (SSSR count). The molecule has 21 heavy (non-hydrogen) atoms. The summed E-state index contributed by atoms with van der Waals surface area (Å²) in [6.45, 7) is 4.05. The lowest BCUT2D eigenvalue weighted by Gasteiger charge is -2.09. The second-order valence-corrected chi connectivity index (χ2v) is 4.92. The minimum atomic E-state index is -0.312. The smallest absolute Gasteiger partial charge is 0.227 e. The minimum Gasteiger partial charge on any atom is -0.493 e. The van der Waals surface area contributed by atoms with E-state index in [0.29, 0.717) is 17.9 Å². The van der Waals surface area contributed by atoms with Gasteiger partial charge in [0.2, 0.25) is 5.91 Å². The molecule has 0 saturated heterocycles. The van der Waals surface area contributed by atoms with Gasteiger partial charge in [-0.25, -0.2) is 4.39 Å². The summed E-state index contributed by atoms with van der Waals surface area (Å²) in [6, 6.07) is 11.9. The molecule has 0 radical (unpaired) electrons. The lowest BCUT2D eigenvalue weighted by molar-refractivity contribution is -0.116. The topological polar surface area (TPSA) is 38.3 Å². The van der Waals surface area contributed by atoms with Crippen LogP contribution in [-0.2, 0) is 4.79 Å². The van der Waals surface area contributed by atoms with Gasteiger partial charge in [-0.05, 0) is 49.7 Å². The molecule has 0 heterocycles. The highest BCUT2D eigenvalue weighted by atomic mass is 19.1. The van der Waals surface area contributed by atoms with E-state index >= 15 is 0 Å². The fourth-order valence-electron chi connectivity index (χ4n) is 1.88. The molecular weight excluding hydrogens is 269 g/mol. The third-order valence-corrected chi connectivity index (χ3v) is 3.08. The Morgan fingerprint density at radius 3 is 2.52 bits per heavy atom. The standard InChI is InChI=1S/C17H18FNO2/c1-12-3-6-15(7-4-12)21-10-9-17(20)19-16-8-5-14(18)11-13(16)2/h3-8,11H,9-10H2,1-2H3,(H,19,20). The average molecular weight is 287 g/mol. The van der Waals surface area contributed by atoms with Gasteiger partial charge in [0.1, 0.15) is 11.6 Å². The van der Waals surface area contributed by atoms with Crippen LogP contribution in [-0.4, -0.2) is 12.5 Å². The molecule has 110 valence electrons. The molecule has 0 spiro atoms. The van der Waals surface area contributed by atoms with Crippen LogP contribution in [0.15, 0.2) is 42.5 Å². The number of halogens is 1. The van der Waals surface area contributed by atoms with Gasteiger partial charge >= 0.3 is 0 Å². The first kappa shape index (κ1) is 15.0. The molecule has 3 nitrogen and oxygen atoms in total. The maximum absolute atomic E-state index is 13.0. The van der Waals surface area contributed by atoms with Gasteiger partial charge in [-0.15, -0.1) is 0 Å². The molecule has 0 atom stereocenters. The van der Waals surface area contributed by atoms with Crippen molar-refractivity contribution in [2.45, 2.75) is 20.3 Å². The Morgan fingerprint density at radius 2 is 1.86 bits per heavy atom. The molecule has 4 heteroatoms. The molecule has 1 N–H and O–H groups in total. The predicted molar refractivity (Wildman–Crippen MR) is 81.1 cm³/mol. The molecular formula is C17H18FNO2. The number of nitrogens with one attached hydrogen (secondary N) is 1. The summed E-state index contributed by atoms with van der Waals surface area (Å²) in [5, 5.41) is 2.75. The van der Waals surface area contributed by atoms with E-state index < -0.39 is 0 Å². The Labute approximate surface area is 123 Å². The Morgan fingerprint density at radius 1 is 1.14 bits per heavy atom. The molecule has 0 aliphatic rings. The number of ether oxygens (including phenoxy) is 1. The largest absolute Gasteiger partial charge is 0.493 e. The molecule has 0 aromatic heterocycles. The van der Waals surface area contributed by atoms with Crippen LogP contribution < -0.4 is 10.1 Å². The summed E-state index contributed by atoms with van der Waals surface area (Å²) in [5.74, 6) is 0.274. The molecule has 0 bridgehead atoms. The molecule has 0 fully saturated rings. The van der Waals surface area contributed by atoms with Crippen molar-refractivity contribution in [3.8, 4) is 5.75 Å². The van der Waals surface area contributed by atoms with E-state index in [9.17, 15) is 9.18 Å². The lowest BCUT2D eigenvalue weighted by atomic mass is 10.2. The summed E-state index contributed by atoms with van der Waals surface area (Å²) in [5.41, 5.74) is 2.48. The van der Waals surface area contributed by atoms with Gasteiger partial charge in [0.25, 0.3) is 0 Å². The van der Waals surface area contributed by atoms with Gasteiger partial charge in [-0.2, -0.15) is 0 Å². The molecule has 0 aliphatic heterocycles. The summed E-state index contributed by atoms with van der Waals surface area (Å²) >= 11 is 0. The van der Waals surface area contributed by atoms with Crippen LogP contribution in [0.1, 0.15) is 17.5 Å². The quantitative estimate of drug-likeness (QED) is 0.907. The first-order chi connectivity index (χ1) is 10.0. The van der Waals surface area contributed by atoms with Crippen molar-refractivity contribution in [1.82, 2.24) is 0 Å². The van der Waals surface area contributed by atoms with Crippen molar-refractivity contribution in [1.29, 1.82) is 0 Å². The second kappa shape index (κ2) is 6.88. The first-order valence-electron chi connectivity index (χ1n) is 6.80. The minimum absolute atomic E-state index is 0.156. The van der Waals surface area contributed by atoms with E-state index in [-0.39, 0.29) is 18.1 Å². The van der Waals surface area contributed by atoms with Crippen molar-refractivity contribution in [3.05, 3.63) is 59.4 Å². The van der Waals surface area contributed by atoms with E-state index in [2.05, 4.69) is 5.32 Å². The van der Waals surface area contributed by atoms with E-state index in [1.54, 1.807) is 13.0 Å². The molecule has 0 unspecified atom stereocenters. The zero-order valence-electron chi connectivity index (χ0n) is 12.2. The number of amides is 1. The van der Waals surface area contributed by atoms with Gasteiger partial charge in [0, 0.05) is 5.69 Å². The molecule has 1 amide bonds. The van der Waals surface area contributed by atoms with Crippen molar-refractivity contribution in [3.63, 3.8) is 0 Å². The number of anilines is 1. The van der Waals surface area contributed by atoms with Crippen molar-refractivity contribution < 1.29 is 13.9 Å². The van der Waals surface area contributed by atoms with Crippen molar-refractivity contribution >= 4 is 11.6 Å². The maximum atomic E-state index is 13.0.